The predicted molar refractivity (Wildman–Crippen MR) is 67.1 cm³/mol. The first-order chi connectivity index (χ1) is 7.79. The molecule has 0 spiro atoms. The van der Waals surface area contributed by atoms with Gasteiger partial charge in [-0.3, -0.25) is 0 Å². The van der Waals surface area contributed by atoms with Crippen molar-refractivity contribution in [2.45, 2.75) is 23.8 Å². The van der Waals surface area contributed by atoms with Crippen LogP contribution >= 0.6 is 11.8 Å². The number of hydrogen-bond acceptors (Lipinski definition) is 4. The molecule has 1 unspecified atom stereocenters. The highest BCUT2D eigenvalue weighted by Gasteiger charge is 2.10. The van der Waals surface area contributed by atoms with Crippen LogP contribution < -0.4 is 5.32 Å². The fourth-order valence-corrected chi connectivity index (χ4v) is 2.79. The molecule has 0 aliphatic carbocycles. The van der Waals surface area contributed by atoms with Crippen molar-refractivity contribution < 1.29 is 10.2 Å². The summed E-state index contributed by atoms with van der Waals surface area (Å²) in [5.74, 6) is 1.21. The molecular formula is C12H17NO2S. The highest BCUT2D eigenvalue weighted by molar-refractivity contribution is 7.99. The van der Waals surface area contributed by atoms with E-state index in [1.807, 2.05) is 17.8 Å². The number of benzene rings is 1. The largest absolute Gasteiger partial charge is 0.394 e. The SMILES string of the molecule is OCC(O)CNc1ccc2c(c1)CCCS2. The summed E-state index contributed by atoms with van der Waals surface area (Å²) in [5.41, 5.74) is 2.41. The third kappa shape index (κ3) is 2.90. The van der Waals surface area contributed by atoms with Crippen molar-refractivity contribution in [3.8, 4) is 0 Å². The van der Waals surface area contributed by atoms with Gasteiger partial charge in [-0.2, -0.15) is 0 Å². The van der Waals surface area contributed by atoms with E-state index in [0.29, 0.717) is 6.54 Å². The molecule has 0 aromatic heterocycles. The fourth-order valence-electron chi connectivity index (χ4n) is 1.77. The van der Waals surface area contributed by atoms with Gasteiger partial charge in [0.25, 0.3) is 0 Å². The molecule has 88 valence electrons. The minimum atomic E-state index is -0.689. The van der Waals surface area contributed by atoms with E-state index < -0.39 is 6.10 Å². The average molecular weight is 239 g/mol. The Kier molecular flexibility index (Phi) is 4.09. The highest BCUT2D eigenvalue weighted by atomic mass is 32.2. The maximum absolute atomic E-state index is 9.24. The average Bonchev–Trinajstić information content (AvgIpc) is 2.35. The molecule has 1 atom stereocenters. The zero-order valence-corrected chi connectivity index (χ0v) is 9.96. The Bertz CT molecular complexity index is 357. The van der Waals surface area contributed by atoms with Crippen LogP contribution in [-0.4, -0.2) is 35.2 Å². The Morgan fingerprint density at radius 3 is 3.12 bits per heavy atom. The van der Waals surface area contributed by atoms with E-state index in [0.717, 1.165) is 12.1 Å². The second-order valence-corrected chi connectivity index (χ2v) is 5.13. The number of anilines is 1. The molecule has 0 amide bonds. The topological polar surface area (TPSA) is 52.5 Å². The molecule has 2 rings (SSSR count). The minimum absolute atomic E-state index is 0.201. The molecule has 1 heterocycles. The van der Waals surface area contributed by atoms with E-state index in [9.17, 15) is 5.11 Å². The predicted octanol–water partition coefficient (Wildman–Crippen LogP) is 1.49. The fraction of sp³-hybridized carbons (Fsp3) is 0.500. The Morgan fingerprint density at radius 2 is 2.31 bits per heavy atom. The maximum atomic E-state index is 9.24. The maximum Gasteiger partial charge on any atom is 0.0942 e. The number of aryl methyl sites for hydroxylation is 1. The van der Waals surface area contributed by atoms with Crippen LogP contribution in [0.5, 0.6) is 0 Å². The second kappa shape index (κ2) is 5.57. The number of aliphatic hydroxyl groups is 2. The minimum Gasteiger partial charge on any atom is -0.394 e. The number of thioether (sulfide) groups is 1. The standard InChI is InChI=1S/C12H17NO2S/c14-8-11(15)7-13-10-3-4-12-9(6-10)2-1-5-16-12/h3-4,6,11,13-15H,1-2,5,7-8H2. The van der Waals surface area contributed by atoms with E-state index >= 15 is 0 Å². The molecule has 3 N–H and O–H groups in total. The summed E-state index contributed by atoms with van der Waals surface area (Å²) in [7, 11) is 0. The van der Waals surface area contributed by atoms with E-state index in [-0.39, 0.29) is 6.61 Å². The van der Waals surface area contributed by atoms with Gasteiger partial charge in [-0.15, -0.1) is 11.8 Å². The van der Waals surface area contributed by atoms with Gasteiger partial charge < -0.3 is 15.5 Å². The first-order valence-electron chi connectivity index (χ1n) is 5.58. The lowest BCUT2D eigenvalue weighted by Gasteiger charge is -2.17. The van der Waals surface area contributed by atoms with Gasteiger partial charge in [0.1, 0.15) is 0 Å². The molecule has 1 aliphatic rings. The number of aliphatic hydroxyl groups excluding tert-OH is 2. The Labute approximate surface area is 99.9 Å². The monoisotopic (exact) mass is 239 g/mol. The van der Waals surface area contributed by atoms with Crippen molar-refractivity contribution in [2.24, 2.45) is 0 Å². The van der Waals surface area contributed by atoms with Crippen molar-refractivity contribution in [3.63, 3.8) is 0 Å². The molecular weight excluding hydrogens is 222 g/mol. The lowest BCUT2D eigenvalue weighted by atomic mass is 10.1. The van der Waals surface area contributed by atoms with Crippen LogP contribution in [0.3, 0.4) is 0 Å². The van der Waals surface area contributed by atoms with Gasteiger partial charge in [-0.1, -0.05) is 0 Å². The van der Waals surface area contributed by atoms with Crippen molar-refractivity contribution >= 4 is 17.4 Å². The molecule has 16 heavy (non-hydrogen) atoms. The number of rotatable bonds is 4. The smallest absolute Gasteiger partial charge is 0.0942 e. The van der Waals surface area contributed by atoms with E-state index in [2.05, 4.69) is 17.4 Å². The normalized spacial score (nSPS) is 16.6. The van der Waals surface area contributed by atoms with Crippen LogP contribution in [-0.2, 0) is 6.42 Å². The molecule has 0 fully saturated rings. The van der Waals surface area contributed by atoms with Gasteiger partial charge in [-0.25, -0.2) is 0 Å². The molecule has 3 nitrogen and oxygen atoms in total. The van der Waals surface area contributed by atoms with Gasteiger partial charge in [0.2, 0.25) is 0 Å². The summed E-state index contributed by atoms with van der Waals surface area (Å²) in [6.45, 7) is 0.191. The Hall–Kier alpha value is -0.710. The summed E-state index contributed by atoms with van der Waals surface area (Å²) in [5, 5.41) is 21.1. The lowest BCUT2D eigenvalue weighted by Crippen LogP contribution is -2.23. The van der Waals surface area contributed by atoms with Crippen LogP contribution in [0, 0.1) is 0 Å². The molecule has 0 bridgehead atoms. The highest BCUT2D eigenvalue weighted by Crippen LogP contribution is 2.31. The van der Waals surface area contributed by atoms with Crippen LogP contribution in [0.25, 0.3) is 0 Å². The van der Waals surface area contributed by atoms with Crippen LogP contribution in [0.2, 0.25) is 0 Å². The summed E-state index contributed by atoms with van der Waals surface area (Å²) in [6.07, 6.45) is 1.69. The lowest BCUT2D eigenvalue weighted by molar-refractivity contribution is 0.105. The molecule has 0 saturated carbocycles. The Morgan fingerprint density at radius 1 is 1.44 bits per heavy atom. The third-order valence-corrected chi connectivity index (χ3v) is 3.86. The summed E-state index contributed by atoms with van der Waals surface area (Å²) >= 11 is 1.91. The molecule has 1 aromatic rings. The van der Waals surface area contributed by atoms with Crippen LogP contribution in [0.15, 0.2) is 23.1 Å². The van der Waals surface area contributed by atoms with Gasteiger partial charge >= 0.3 is 0 Å². The van der Waals surface area contributed by atoms with Crippen molar-refractivity contribution in [3.05, 3.63) is 23.8 Å². The van der Waals surface area contributed by atoms with E-state index in [1.54, 1.807) is 0 Å². The summed E-state index contributed by atoms with van der Waals surface area (Å²) in [6, 6.07) is 6.31. The van der Waals surface area contributed by atoms with E-state index in [1.165, 1.54) is 22.6 Å². The van der Waals surface area contributed by atoms with Crippen LogP contribution in [0.1, 0.15) is 12.0 Å². The zero-order valence-electron chi connectivity index (χ0n) is 9.15. The third-order valence-electron chi connectivity index (χ3n) is 2.66. The summed E-state index contributed by atoms with van der Waals surface area (Å²) in [4.78, 5) is 1.37. The molecule has 0 saturated heterocycles. The second-order valence-electron chi connectivity index (χ2n) is 3.99. The van der Waals surface area contributed by atoms with Crippen molar-refractivity contribution in [1.82, 2.24) is 0 Å². The molecule has 1 aliphatic heterocycles. The Balaban J connectivity index is 2.00. The van der Waals surface area contributed by atoms with E-state index in [4.69, 9.17) is 5.11 Å². The quantitative estimate of drug-likeness (QED) is 0.745. The first kappa shape index (κ1) is 11.8. The molecule has 4 heteroatoms. The number of hydrogen-bond donors (Lipinski definition) is 3. The van der Waals surface area contributed by atoms with Gasteiger partial charge in [0.05, 0.1) is 12.7 Å². The molecule has 1 aromatic carbocycles. The van der Waals surface area contributed by atoms with Gasteiger partial charge in [0, 0.05) is 17.1 Å². The van der Waals surface area contributed by atoms with Crippen LogP contribution in [0.4, 0.5) is 5.69 Å². The first-order valence-corrected chi connectivity index (χ1v) is 6.56. The van der Waals surface area contributed by atoms with Crippen molar-refractivity contribution in [2.75, 3.05) is 24.2 Å². The zero-order chi connectivity index (χ0) is 11.4. The van der Waals surface area contributed by atoms with Gasteiger partial charge in [0.15, 0.2) is 0 Å². The molecule has 0 radical (unpaired) electrons. The van der Waals surface area contributed by atoms with Crippen molar-refractivity contribution in [1.29, 1.82) is 0 Å². The number of nitrogens with one attached hydrogen (secondary N) is 1. The number of fused-ring (bicyclic) bond motifs is 1. The summed E-state index contributed by atoms with van der Waals surface area (Å²) < 4.78 is 0. The van der Waals surface area contributed by atoms with Gasteiger partial charge in [-0.05, 0) is 42.4 Å².